The molecule has 6 nitrogen and oxygen atoms in total. The molecule has 0 N–H and O–H groups in total. The Labute approximate surface area is 315 Å². The van der Waals surface area contributed by atoms with Crippen molar-refractivity contribution in [2.75, 3.05) is 13.2 Å². The molecule has 0 rings (SSSR count). The number of rotatable bonds is 38. The number of carbonyl (C=O) groups is 3. The third-order valence-corrected chi connectivity index (χ3v) is 9.16. The first-order valence-electron chi connectivity index (χ1n) is 21.5. The Balaban J connectivity index is 4.26. The first-order valence-corrected chi connectivity index (χ1v) is 21.5. The fraction of sp³-hybridized carbons (Fsp3) is 0.800. The maximum Gasteiger partial charge on any atom is 0.306 e. The van der Waals surface area contributed by atoms with Crippen LogP contribution in [0.15, 0.2) is 36.5 Å². The molecule has 1 atom stereocenters. The normalized spacial score (nSPS) is 12.3. The average molecular weight is 717 g/mol. The van der Waals surface area contributed by atoms with Crippen LogP contribution >= 0.6 is 0 Å². The minimum Gasteiger partial charge on any atom is -0.462 e. The van der Waals surface area contributed by atoms with Crippen LogP contribution in [-0.2, 0) is 28.6 Å². The topological polar surface area (TPSA) is 78.9 Å². The summed E-state index contributed by atoms with van der Waals surface area (Å²) in [7, 11) is 0. The summed E-state index contributed by atoms with van der Waals surface area (Å²) >= 11 is 0. The van der Waals surface area contributed by atoms with Gasteiger partial charge in [0.15, 0.2) is 6.10 Å². The van der Waals surface area contributed by atoms with Gasteiger partial charge in [-0.1, -0.05) is 179 Å². The van der Waals surface area contributed by atoms with Gasteiger partial charge >= 0.3 is 17.9 Å². The molecule has 0 aliphatic rings. The highest BCUT2D eigenvalue weighted by Crippen LogP contribution is 2.14. The van der Waals surface area contributed by atoms with E-state index < -0.39 is 6.10 Å². The molecule has 0 aliphatic carbocycles. The molecule has 296 valence electrons. The third-order valence-electron chi connectivity index (χ3n) is 9.16. The van der Waals surface area contributed by atoms with Crippen molar-refractivity contribution in [2.45, 2.75) is 219 Å². The minimum absolute atomic E-state index is 0.0733. The van der Waals surface area contributed by atoms with Crippen molar-refractivity contribution in [3.63, 3.8) is 0 Å². The molecule has 0 heterocycles. The SMILES string of the molecule is CC/C=C\C/C=C\C/C=C\CCCCCCCCCC(=O)OCC(COC(=O)CCCCCCCCCC)OC(=O)CCCCCCCCCC. The van der Waals surface area contributed by atoms with Crippen LogP contribution in [0.2, 0.25) is 0 Å². The van der Waals surface area contributed by atoms with E-state index in [1.54, 1.807) is 0 Å². The molecule has 0 aliphatic heterocycles. The Morgan fingerprint density at radius 3 is 1.20 bits per heavy atom. The van der Waals surface area contributed by atoms with Gasteiger partial charge in [-0.2, -0.15) is 0 Å². The zero-order valence-corrected chi connectivity index (χ0v) is 33.6. The Kier molecular flexibility index (Phi) is 38.5. The molecule has 51 heavy (non-hydrogen) atoms. The van der Waals surface area contributed by atoms with Gasteiger partial charge in [-0.15, -0.1) is 0 Å². The van der Waals surface area contributed by atoms with Crippen LogP contribution in [0.4, 0.5) is 0 Å². The van der Waals surface area contributed by atoms with E-state index in [0.717, 1.165) is 83.5 Å². The van der Waals surface area contributed by atoms with Crippen molar-refractivity contribution in [1.82, 2.24) is 0 Å². The second kappa shape index (κ2) is 40.4. The molecule has 0 saturated heterocycles. The van der Waals surface area contributed by atoms with Gasteiger partial charge in [-0.3, -0.25) is 14.4 Å². The summed E-state index contributed by atoms with van der Waals surface area (Å²) in [5, 5.41) is 0. The Morgan fingerprint density at radius 1 is 0.412 bits per heavy atom. The van der Waals surface area contributed by atoms with E-state index in [-0.39, 0.29) is 31.1 Å². The molecule has 0 saturated carbocycles. The summed E-state index contributed by atoms with van der Waals surface area (Å²) in [5.41, 5.74) is 0. The summed E-state index contributed by atoms with van der Waals surface area (Å²) in [6.45, 7) is 6.45. The lowest BCUT2D eigenvalue weighted by Gasteiger charge is -2.18. The van der Waals surface area contributed by atoms with Gasteiger partial charge in [0.1, 0.15) is 13.2 Å². The zero-order valence-electron chi connectivity index (χ0n) is 33.6. The van der Waals surface area contributed by atoms with Gasteiger partial charge in [-0.25, -0.2) is 0 Å². The van der Waals surface area contributed by atoms with Crippen LogP contribution in [0.1, 0.15) is 213 Å². The van der Waals surface area contributed by atoms with Crippen molar-refractivity contribution < 1.29 is 28.6 Å². The van der Waals surface area contributed by atoms with E-state index >= 15 is 0 Å². The number of allylic oxidation sites excluding steroid dienone is 6. The molecule has 0 bridgehead atoms. The van der Waals surface area contributed by atoms with Crippen LogP contribution in [0.3, 0.4) is 0 Å². The van der Waals surface area contributed by atoms with E-state index in [2.05, 4.69) is 57.2 Å². The van der Waals surface area contributed by atoms with Crippen LogP contribution < -0.4 is 0 Å². The number of ether oxygens (including phenoxy) is 3. The summed E-state index contributed by atoms with van der Waals surface area (Å²) in [4.78, 5) is 37.5. The highest BCUT2D eigenvalue weighted by molar-refractivity contribution is 5.71. The smallest absolute Gasteiger partial charge is 0.306 e. The summed E-state index contributed by atoms with van der Waals surface area (Å²) < 4.78 is 16.6. The molecule has 0 aromatic heterocycles. The molecule has 0 aromatic carbocycles. The molecule has 0 aromatic rings. The average Bonchev–Trinajstić information content (AvgIpc) is 3.12. The highest BCUT2D eigenvalue weighted by atomic mass is 16.6. The van der Waals surface area contributed by atoms with Crippen LogP contribution in [0.25, 0.3) is 0 Å². The fourth-order valence-corrected chi connectivity index (χ4v) is 5.93. The molecule has 1 unspecified atom stereocenters. The van der Waals surface area contributed by atoms with E-state index in [1.807, 2.05) is 0 Å². The molecule has 0 spiro atoms. The number of hydrogen-bond acceptors (Lipinski definition) is 6. The highest BCUT2D eigenvalue weighted by Gasteiger charge is 2.19. The lowest BCUT2D eigenvalue weighted by Crippen LogP contribution is -2.30. The van der Waals surface area contributed by atoms with Crippen molar-refractivity contribution in [2.24, 2.45) is 0 Å². The molecule has 0 fully saturated rings. The maximum atomic E-state index is 12.6. The fourth-order valence-electron chi connectivity index (χ4n) is 5.93. The maximum absolute atomic E-state index is 12.6. The zero-order chi connectivity index (χ0) is 37.3. The first kappa shape index (κ1) is 48.6. The first-order chi connectivity index (χ1) is 25.0. The Hall–Kier alpha value is -2.37. The van der Waals surface area contributed by atoms with Gasteiger partial charge < -0.3 is 14.2 Å². The molecule has 0 radical (unpaired) electrons. The Morgan fingerprint density at radius 2 is 0.765 bits per heavy atom. The van der Waals surface area contributed by atoms with Gasteiger partial charge in [0.2, 0.25) is 0 Å². The lowest BCUT2D eigenvalue weighted by molar-refractivity contribution is -0.167. The summed E-state index contributed by atoms with van der Waals surface area (Å²) in [5.74, 6) is -0.893. The largest absolute Gasteiger partial charge is 0.462 e. The van der Waals surface area contributed by atoms with E-state index in [9.17, 15) is 14.4 Å². The van der Waals surface area contributed by atoms with Crippen LogP contribution in [-0.4, -0.2) is 37.2 Å². The summed E-state index contributed by atoms with van der Waals surface area (Å²) in [6, 6.07) is 0. The number of hydrogen-bond donors (Lipinski definition) is 0. The molecule has 0 amide bonds. The van der Waals surface area contributed by atoms with Gasteiger partial charge in [0.25, 0.3) is 0 Å². The monoisotopic (exact) mass is 717 g/mol. The second-order valence-electron chi connectivity index (χ2n) is 14.2. The van der Waals surface area contributed by atoms with E-state index in [0.29, 0.717) is 19.3 Å². The van der Waals surface area contributed by atoms with Crippen molar-refractivity contribution in [3.8, 4) is 0 Å². The van der Waals surface area contributed by atoms with Gasteiger partial charge in [0.05, 0.1) is 0 Å². The molecular weight excluding hydrogens is 636 g/mol. The molecule has 6 heteroatoms. The van der Waals surface area contributed by atoms with Crippen LogP contribution in [0, 0.1) is 0 Å². The predicted molar refractivity (Wildman–Crippen MR) is 215 cm³/mol. The van der Waals surface area contributed by atoms with Gasteiger partial charge in [-0.05, 0) is 51.4 Å². The lowest BCUT2D eigenvalue weighted by atomic mass is 10.1. The van der Waals surface area contributed by atoms with Gasteiger partial charge in [0, 0.05) is 19.3 Å². The number of carbonyl (C=O) groups excluding carboxylic acids is 3. The quantitative estimate of drug-likeness (QED) is 0.0274. The van der Waals surface area contributed by atoms with Crippen LogP contribution in [0.5, 0.6) is 0 Å². The third kappa shape index (κ3) is 38.7. The van der Waals surface area contributed by atoms with E-state index in [1.165, 1.54) is 89.9 Å². The van der Waals surface area contributed by atoms with Crippen molar-refractivity contribution in [1.29, 1.82) is 0 Å². The van der Waals surface area contributed by atoms with Crippen molar-refractivity contribution >= 4 is 17.9 Å². The van der Waals surface area contributed by atoms with E-state index in [4.69, 9.17) is 14.2 Å². The Bertz CT molecular complexity index is 876. The van der Waals surface area contributed by atoms with Crippen molar-refractivity contribution in [3.05, 3.63) is 36.5 Å². The summed E-state index contributed by atoms with van der Waals surface area (Å²) in [6.07, 6.45) is 44.2. The molecular formula is C45H80O6. The predicted octanol–water partition coefficient (Wildman–Crippen LogP) is 13.4. The number of unbranched alkanes of at least 4 members (excludes halogenated alkanes) is 21. The minimum atomic E-state index is -0.766. The standard InChI is InChI=1S/C45H80O6/c1-4-7-10-13-16-19-20-21-22-23-24-25-26-27-30-32-35-38-44(47)50-41-42(51-45(48)39-36-33-29-18-15-12-9-6-3)40-49-43(46)37-34-31-28-17-14-11-8-5-2/h7,10,16,19,21-22,42H,4-6,8-9,11-15,17-18,20,23-41H2,1-3H3/b10-7-,19-16-,22-21-. The number of esters is 3. The second-order valence-corrected chi connectivity index (χ2v) is 14.2.